The van der Waals surface area contributed by atoms with Crippen molar-refractivity contribution < 1.29 is 57.8 Å². The summed E-state index contributed by atoms with van der Waals surface area (Å²) in [6, 6.07) is 0. The maximum atomic E-state index is 11.6. The predicted molar refractivity (Wildman–Crippen MR) is 111 cm³/mol. The minimum atomic E-state index is -1.87. The molecule has 2 N–H and O–H groups in total. The minimum absolute atomic E-state index is 0.330. The molecule has 2 rings (SSSR count). The molecule has 0 unspecified atom stereocenters. The van der Waals surface area contributed by atoms with E-state index >= 15 is 0 Å². The average Bonchev–Trinajstić information content (AvgIpc) is 3.07. The zero-order chi connectivity index (χ0) is 26.9. The molecule has 2 amide bonds. The molecule has 2 fully saturated rings. The summed E-state index contributed by atoms with van der Waals surface area (Å²) >= 11 is 0. The largest absolute Gasteiger partial charge is 0.464 e. The summed E-state index contributed by atoms with van der Waals surface area (Å²) in [7, 11) is 4.82. The van der Waals surface area contributed by atoms with Crippen LogP contribution in [0.15, 0.2) is 24.6 Å². The molecule has 0 aromatic rings. The Balaban J connectivity index is 0.000000340. The van der Waals surface area contributed by atoms with E-state index in [4.69, 9.17) is 18.9 Å². The van der Waals surface area contributed by atoms with Crippen molar-refractivity contribution in [2.24, 2.45) is 0 Å². The van der Waals surface area contributed by atoms with Gasteiger partial charge in [-0.2, -0.15) is 0 Å². The highest BCUT2D eigenvalue weighted by Crippen LogP contribution is 2.41. The summed E-state index contributed by atoms with van der Waals surface area (Å²) in [5, 5.41) is 20.5. The van der Waals surface area contributed by atoms with Crippen molar-refractivity contribution in [3.63, 3.8) is 0 Å². The first kappa shape index (κ1) is 28.8. The molecule has 4 atom stereocenters. The van der Waals surface area contributed by atoms with Crippen molar-refractivity contribution in [2.45, 2.75) is 50.7 Å². The molecule has 14 nitrogen and oxygen atoms in total. The number of carbonyl (C=O) groups is 4. The van der Waals surface area contributed by atoms with E-state index in [2.05, 4.69) is 22.6 Å². The van der Waals surface area contributed by atoms with Crippen molar-refractivity contribution in [1.82, 2.24) is 9.80 Å². The number of methoxy groups -OCH3 is 4. The maximum Gasteiger partial charge on any atom is 0.419 e. The molecule has 0 saturated carbocycles. The molecular weight excluding hydrogens is 460 g/mol. The van der Waals surface area contributed by atoms with Crippen molar-refractivity contribution in [3.8, 4) is 0 Å². The number of carbonyl (C=O) groups excluding carboxylic acids is 4. The highest BCUT2D eigenvalue weighted by Gasteiger charge is 2.63. The van der Waals surface area contributed by atoms with E-state index in [0.717, 1.165) is 14.2 Å². The van der Waals surface area contributed by atoms with Gasteiger partial charge in [-0.25, -0.2) is 29.0 Å². The zero-order valence-electron chi connectivity index (χ0n) is 20.3. The second-order valence-electron chi connectivity index (χ2n) is 7.62. The monoisotopic (exact) mass is 490 g/mol. The van der Waals surface area contributed by atoms with Gasteiger partial charge in [-0.15, -0.1) is 0 Å². The quantitative estimate of drug-likeness (QED) is 0.299. The van der Waals surface area contributed by atoms with E-state index in [9.17, 15) is 29.4 Å². The van der Waals surface area contributed by atoms with Gasteiger partial charge in [-0.05, 0) is 13.8 Å². The van der Waals surface area contributed by atoms with Crippen LogP contribution in [-0.4, -0.2) is 95.6 Å². The molecule has 192 valence electrons. The van der Waals surface area contributed by atoms with Crippen molar-refractivity contribution in [3.05, 3.63) is 24.6 Å². The van der Waals surface area contributed by atoms with Gasteiger partial charge < -0.3 is 38.6 Å². The molecule has 2 aliphatic heterocycles. The first-order chi connectivity index (χ1) is 15.4. The van der Waals surface area contributed by atoms with Crippen LogP contribution in [0, 0.1) is 0 Å². The van der Waals surface area contributed by atoms with Crippen LogP contribution in [0.2, 0.25) is 0 Å². The number of cyclic esters (lactones) is 2. The Bertz CT molecular complexity index is 826. The van der Waals surface area contributed by atoms with Gasteiger partial charge in [-0.1, -0.05) is 13.2 Å². The summed E-state index contributed by atoms with van der Waals surface area (Å²) in [5.41, 5.74) is -4.40. The lowest BCUT2D eigenvalue weighted by molar-refractivity contribution is -0.258. The lowest BCUT2D eigenvalue weighted by Gasteiger charge is -2.35. The Labute approximate surface area is 196 Å². The fourth-order valence-electron chi connectivity index (χ4n) is 3.01. The third kappa shape index (κ3) is 4.44. The van der Waals surface area contributed by atoms with Crippen LogP contribution < -0.4 is 0 Å². The first-order valence-corrected chi connectivity index (χ1v) is 9.58. The standard InChI is InChI=1S/2C10H15NO6/c2*1-6(7(12)15-4)11-8(13)17-10(3,16-5)9(11,2)14/h2*14H,1H2,2-5H3/t2*9-,10+/m00/s1. The van der Waals surface area contributed by atoms with Crippen LogP contribution >= 0.6 is 0 Å². The van der Waals surface area contributed by atoms with Gasteiger partial charge in [0.15, 0.2) is 0 Å². The summed E-state index contributed by atoms with van der Waals surface area (Å²) < 4.78 is 28.5. The summed E-state index contributed by atoms with van der Waals surface area (Å²) in [4.78, 5) is 47.3. The molecule has 0 spiro atoms. The minimum Gasteiger partial charge on any atom is -0.464 e. The number of hydrogen-bond acceptors (Lipinski definition) is 12. The Kier molecular flexibility index (Phi) is 8.12. The average molecular weight is 490 g/mol. The van der Waals surface area contributed by atoms with E-state index < -0.39 is 47.1 Å². The lowest BCUT2D eigenvalue weighted by atomic mass is 10.1. The van der Waals surface area contributed by atoms with E-state index in [-0.39, 0.29) is 11.4 Å². The molecule has 14 heteroatoms. The highest BCUT2D eigenvalue weighted by atomic mass is 16.8. The van der Waals surface area contributed by atoms with Gasteiger partial charge in [0, 0.05) is 28.1 Å². The van der Waals surface area contributed by atoms with Gasteiger partial charge in [0.25, 0.3) is 11.6 Å². The molecule has 0 aromatic carbocycles. The van der Waals surface area contributed by atoms with Crippen LogP contribution in [-0.2, 0) is 38.0 Å². The number of nitrogens with zero attached hydrogens (tertiary/aromatic N) is 2. The fraction of sp³-hybridized carbons (Fsp3) is 0.600. The SMILES string of the molecule is C=C(C(=O)OC)N1C(=O)O[C@@](C)(OC)[C@]1(C)O.C=C(C(=O)OC)N1C(=O)O[C@@](C)(OC)[C@]1(C)O. The summed E-state index contributed by atoms with van der Waals surface area (Å²) in [6.07, 6.45) is -1.87. The van der Waals surface area contributed by atoms with Gasteiger partial charge in [0.1, 0.15) is 11.4 Å². The van der Waals surface area contributed by atoms with Crippen molar-refractivity contribution >= 4 is 24.1 Å². The van der Waals surface area contributed by atoms with Crippen molar-refractivity contribution in [1.29, 1.82) is 0 Å². The summed E-state index contributed by atoms with van der Waals surface area (Å²) in [5.74, 6) is -4.88. The van der Waals surface area contributed by atoms with Gasteiger partial charge in [0.05, 0.1) is 14.2 Å². The number of ether oxygens (including phenoxy) is 6. The second kappa shape index (κ2) is 9.58. The van der Waals surface area contributed by atoms with Gasteiger partial charge in [-0.3, -0.25) is 0 Å². The van der Waals surface area contributed by atoms with Crippen LogP contribution in [0.3, 0.4) is 0 Å². The normalized spacial score (nSPS) is 32.3. The lowest BCUT2D eigenvalue weighted by Crippen LogP contribution is -2.56. The Morgan fingerprint density at radius 3 is 1.18 bits per heavy atom. The molecule has 0 radical (unpaired) electrons. The molecule has 2 aliphatic rings. The Morgan fingerprint density at radius 1 is 0.735 bits per heavy atom. The molecule has 0 bridgehead atoms. The van der Waals surface area contributed by atoms with Crippen LogP contribution in [0.1, 0.15) is 27.7 Å². The number of hydrogen-bond donors (Lipinski definition) is 2. The van der Waals surface area contributed by atoms with Crippen LogP contribution in [0.4, 0.5) is 9.59 Å². The van der Waals surface area contributed by atoms with E-state index in [1.807, 2.05) is 0 Å². The number of esters is 2. The number of aliphatic hydroxyl groups is 2. The predicted octanol–water partition coefficient (Wildman–Crippen LogP) is 0.393. The number of amides is 2. The van der Waals surface area contributed by atoms with Gasteiger partial charge in [0.2, 0.25) is 11.4 Å². The fourth-order valence-corrected chi connectivity index (χ4v) is 3.01. The van der Waals surface area contributed by atoms with Gasteiger partial charge >= 0.3 is 24.1 Å². The Hall–Kier alpha value is -3.20. The molecule has 0 aliphatic carbocycles. The van der Waals surface area contributed by atoms with Crippen LogP contribution in [0.5, 0.6) is 0 Å². The number of rotatable bonds is 6. The zero-order valence-corrected chi connectivity index (χ0v) is 20.3. The topological polar surface area (TPSA) is 171 Å². The van der Waals surface area contributed by atoms with Crippen molar-refractivity contribution in [2.75, 3.05) is 28.4 Å². The molecule has 2 heterocycles. The highest BCUT2D eigenvalue weighted by molar-refractivity contribution is 5.93. The van der Waals surface area contributed by atoms with Crippen LogP contribution in [0.25, 0.3) is 0 Å². The Morgan fingerprint density at radius 2 is 1.00 bits per heavy atom. The second-order valence-corrected chi connectivity index (χ2v) is 7.62. The summed E-state index contributed by atoms with van der Waals surface area (Å²) in [6.45, 7) is 12.1. The maximum absolute atomic E-state index is 11.6. The molecule has 0 aromatic heterocycles. The third-order valence-electron chi connectivity index (χ3n) is 5.68. The van der Waals surface area contributed by atoms with E-state index in [1.165, 1.54) is 41.9 Å². The van der Waals surface area contributed by atoms with E-state index in [1.54, 1.807) is 0 Å². The van der Waals surface area contributed by atoms with E-state index in [0.29, 0.717) is 9.80 Å². The smallest absolute Gasteiger partial charge is 0.419 e. The molecule has 2 saturated heterocycles. The molecular formula is C20H30N2O12. The third-order valence-corrected chi connectivity index (χ3v) is 5.68. The molecule has 34 heavy (non-hydrogen) atoms. The first-order valence-electron chi connectivity index (χ1n) is 9.58.